The normalized spacial score (nSPS) is 10.8. The van der Waals surface area contributed by atoms with Crippen molar-refractivity contribution in [3.63, 3.8) is 0 Å². The molecule has 1 heterocycles. The van der Waals surface area contributed by atoms with Gasteiger partial charge < -0.3 is 5.32 Å². The second-order valence-electron chi connectivity index (χ2n) is 7.70. The molecule has 0 atom stereocenters. The first-order chi connectivity index (χ1) is 16.5. The number of hydrogen-bond donors (Lipinski definition) is 1. The Kier molecular flexibility index (Phi) is 8.27. The minimum Gasteiger partial charge on any atom is -0.321 e. The first kappa shape index (κ1) is 24.3. The molecule has 3 aromatic carbocycles. The number of carbonyl (C=O) groups excluding carboxylic acids is 1. The van der Waals surface area contributed by atoms with Gasteiger partial charge in [0.2, 0.25) is 0 Å². The zero-order valence-corrected chi connectivity index (χ0v) is 21.3. The summed E-state index contributed by atoms with van der Waals surface area (Å²) in [6.45, 7) is 4.17. The maximum Gasteiger partial charge on any atom is 0.275 e. The zero-order valence-electron chi connectivity index (χ0n) is 18.9. The number of aryl methyl sites for hydroxylation is 2. The summed E-state index contributed by atoms with van der Waals surface area (Å²) >= 11 is 8.98. The van der Waals surface area contributed by atoms with Crippen LogP contribution in [0.25, 0.3) is 0 Å². The van der Waals surface area contributed by atoms with Gasteiger partial charge in [-0.05, 0) is 60.9 Å². The minimum absolute atomic E-state index is 0.263. The fraction of sp³-hybridized carbons (Fsp3) is 0.148. The Morgan fingerprint density at radius 3 is 2.47 bits per heavy atom. The van der Waals surface area contributed by atoms with Crippen LogP contribution in [-0.4, -0.2) is 15.9 Å². The third kappa shape index (κ3) is 6.63. The smallest absolute Gasteiger partial charge is 0.275 e. The van der Waals surface area contributed by atoms with Crippen molar-refractivity contribution in [2.45, 2.75) is 41.0 Å². The number of carbonyl (C=O) groups is 1. The van der Waals surface area contributed by atoms with E-state index in [1.807, 2.05) is 54.6 Å². The lowest BCUT2D eigenvalue weighted by atomic mass is 10.1. The van der Waals surface area contributed by atoms with Crippen LogP contribution in [0.3, 0.4) is 0 Å². The molecule has 0 saturated heterocycles. The molecular weight excluding hydrogens is 482 g/mol. The molecule has 0 aliphatic carbocycles. The van der Waals surface area contributed by atoms with Gasteiger partial charge in [-0.1, -0.05) is 84.0 Å². The van der Waals surface area contributed by atoms with Crippen molar-refractivity contribution in [2.75, 3.05) is 5.32 Å². The fourth-order valence-electron chi connectivity index (χ4n) is 3.25. The maximum absolute atomic E-state index is 13.3. The second-order valence-corrected chi connectivity index (χ2v) is 10.2. The highest BCUT2D eigenvalue weighted by Crippen LogP contribution is 2.32. The van der Waals surface area contributed by atoms with Gasteiger partial charge in [-0.3, -0.25) is 4.79 Å². The molecule has 4 rings (SSSR count). The average Bonchev–Trinajstić information content (AvgIpc) is 2.85. The number of rotatable bonds is 8. The molecule has 172 valence electrons. The molecule has 0 unspecified atom stereocenters. The van der Waals surface area contributed by atoms with E-state index in [-0.39, 0.29) is 5.91 Å². The summed E-state index contributed by atoms with van der Waals surface area (Å²) in [5, 5.41) is 4.21. The summed E-state index contributed by atoms with van der Waals surface area (Å²) in [6.07, 6.45) is 2.67. The van der Waals surface area contributed by atoms with Crippen molar-refractivity contribution in [3.05, 3.63) is 106 Å². The van der Waals surface area contributed by atoms with E-state index in [1.54, 1.807) is 6.20 Å². The van der Waals surface area contributed by atoms with Gasteiger partial charge in [-0.2, -0.15) is 0 Å². The number of nitrogens with zero attached hydrogens (tertiary/aromatic N) is 2. The Morgan fingerprint density at radius 1 is 1.00 bits per heavy atom. The van der Waals surface area contributed by atoms with Crippen molar-refractivity contribution >= 4 is 46.7 Å². The molecule has 34 heavy (non-hydrogen) atoms. The van der Waals surface area contributed by atoms with Crippen molar-refractivity contribution < 1.29 is 4.79 Å². The van der Waals surface area contributed by atoms with Crippen molar-refractivity contribution in [2.24, 2.45) is 0 Å². The largest absolute Gasteiger partial charge is 0.321 e. The van der Waals surface area contributed by atoms with Gasteiger partial charge in [0.25, 0.3) is 5.91 Å². The Hall–Kier alpha value is -2.80. The van der Waals surface area contributed by atoms with E-state index >= 15 is 0 Å². The van der Waals surface area contributed by atoms with Gasteiger partial charge in [0, 0.05) is 27.6 Å². The Bertz CT molecular complexity index is 1280. The summed E-state index contributed by atoms with van der Waals surface area (Å²) < 4.78 is 0. The summed E-state index contributed by atoms with van der Waals surface area (Å²) in [7, 11) is 0. The van der Waals surface area contributed by atoms with Crippen LogP contribution in [0.5, 0.6) is 0 Å². The number of thioether (sulfide) groups is 1. The van der Waals surface area contributed by atoms with Crippen LogP contribution in [0.2, 0.25) is 5.02 Å². The predicted octanol–water partition coefficient (Wildman–Crippen LogP) is 7.70. The van der Waals surface area contributed by atoms with E-state index in [0.717, 1.165) is 22.8 Å². The van der Waals surface area contributed by atoms with E-state index < -0.39 is 0 Å². The summed E-state index contributed by atoms with van der Waals surface area (Å²) in [4.78, 5) is 24.1. The van der Waals surface area contributed by atoms with Crippen LogP contribution >= 0.6 is 35.1 Å². The molecule has 0 saturated carbocycles. The second kappa shape index (κ2) is 11.6. The Labute approximate surface area is 213 Å². The van der Waals surface area contributed by atoms with Gasteiger partial charge in [-0.25, -0.2) is 9.97 Å². The topological polar surface area (TPSA) is 54.9 Å². The monoisotopic (exact) mass is 505 g/mol. The van der Waals surface area contributed by atoms with Crippen LogP contribution in [0.4, 0.5) is 5.69 Å². The number of halogens is 1. The lowest BCUT2D eigenvalue weighted by Crippen LogP contribution is -2.16. The zero-order chi connectivity index (χ0) is 23.9. The Balaban J connectivity index is 1.58. The van der Waals surface area contributed by atoms with Gasteiger partial charge >= 0.3 is 0 Å². The van der Waals surface area contributed by atoms with Gasteiger partial charge in [0.15, 0.2) is 5.16 Å². The summed E-state index contributed by atoms with van der Waals surface area (Å²) in [5.41, 5.74) is 4.70. The lowest BCUT2D eigenvalue weighted by Gasteiger charge is -2.11. The van der Waals surface area contributed by atoms with E-state index in [2.05, 4.69) is 47.3 Å². The highest BCUT2D eigenvalue weighted by atomic mass is 35.5. The molecule has 0 fully saturated rings. The highest BCUT2D eigenvalue weighted by Gasteiger charge is 2.17. The number of anilines is 1. The van der Waals surface area contributed by atoms with Crippen molar-refractivity contribution in [1.29, 1.82) is 0 Å². The first-order valence-electron chi connectivity index (χ1n) is 10.9. The van der Waals surface area contributed by atoms with E-state index in [9.17, 15) is 4.79 Å². The van der Waals surface area contributed by atoms with Crippen LogP contribution in [0, 0.1) is 6.92 Å². The molecule has 0 aliphatic heterocycles. The third-order valence-electron chi connectivity index (χ3n) is 5.06. The minimum atomic E-state index is -0.263. The Morgan fingerprint density at radius 2 is 1.76 bits per heavy atom. The van der Waals surface area contributed by atoms with Crippen LogP contribution in [-0.2, 0) is 12.2 Å². The number of nitrogens with one attached hydrogen (secondary N) is 1. The molecule has 4 aromatic rings. The first-order valence-corrected chi connectivity index (χ1v) is 13.1. The van der Waals surface area contributed by atoms with Gasteiger partial charge in [0.1, 0.15) is 5.69 Å². The number of amides is 1. The van der Waals surface area contributed by atoms with Gasteiger partial charge in [0.05, 0.1) is 4.90 Å². The molecular formula is C27H24ClN3OS2. The molecule has 7 heteroatoms. The number of aromatic nitrogens is 2. The fourth-order valence-corrected chi connectivity index (χ4v) is 5.01. The van der Waals surface area contributed by atoms with Crippen LogP contribution in [0.1, 0.15) is 34.1 Å². The summed E-state index contributed by atoms with van der Waals surface area (Å²) in [6, 6.07) is 23.7. The van der Waals surface area contributed by atoms with E-state index in [4.69, 9.17) is 11.6 Å². The summed E-state index contributed by atoms with van der Waals surface area (Å²) in [5.74, 6) is 0.464. The van der Waals surface area contributed by atoms with Crippen LogP contribution < -0.4 is 5.32 Å². The maximum atomic E-state index is 13.3. The molecule has 4 nitrogen and oxygen atoms in total. The van der Waals surface area contributed by atoms with Crippen molar-refractivity contribution in [3.8, 4) is 0 Å². The van der Waals surface area contributed by atoms with E-state index in [0.29, 0.717) is 20.8 Å². The molecule has 1 aromatic heterocycles. The predicted molar refractivity (Wildman–Crippen MR) is 142 cm³/mol. The quantitative estimate of drug-likeness (QED) is 0.196. The number of hydrogen-bond acceptors (Lipinski definition) is 5. The lowest BCUT2D eigenvalue weighted by molar-refractivity contribution is 0.101. The molecule has 0 bridgehead atoms. The van der Waals surface area contributed by atoms with Gasteiger partial charge in [-0.15, -0.1) is 0 Å². The van der Waals surface area contributed by atoms with Crippen molar-refractivity contribution in [1.82, 2.24) is 9.97 Å². The molecule has 0 aliphatic rings. The average molecular weight is 506 g/mol. The van der Waals surface area contributed by atoms with E-state index in [1.165, 1.54) is 40.2 Å². The molecule has 1 amide bonds. The third-order valence-corrected chi connectivity index (χ3v) is 7.27. The molecule has 0 radical (unpaired) electrons. The molecule has 0 spiro atoms. The SMILES string of the molecule is CCc1ccc(NC(=O)c2nc(SCc3cccc(C)c3)ncc2Sc2ccc(Cl)cc2)cc1. The molecule has 1 N–H and O–H groups in total. The van der Waals surface area contributed by atoms with Crippen LogP contribution in [0.15, 0.2) is 93.9 Å². The highest BCUT2D eigenvalue weighted by molar-refractivity contribution is 7.99. The standard InChI is InChI=1S/C27H24ClN3OS2/c1-3-19-7-11-22(12-8-19)30-26(32)25-24(34-23-13-9-21(28)10-14-23)16-29-27(31-25)33-17-20-6-4-5-18(2)15-20/h4-16H,3,17H2,1-2H3,(H,30,32). The number of benzene rings is 3.